The SMILES string of the molecule is COc1cc(CNC(=O)c2ccc(SC)cc2)ccc1OCc1ccccc1. The Bertz CT molecular complexity index is 911. The lowest BCUT2D eigenvalue weighted by Crippen LogP contribution is -2.22. The van der Waals surface area contributed by atoms with Crippen molar-refractivity contribution in [2.75, 3.05) is 13.4 Å². The normalized spacial score (nSPS) is 10.4. The summed E-state index contributed by atoms with van der Waals surface area (Å²) < 4.78 is 11.3. The van der Waals surface area contributed by atoms with Gasteiger partial charge in [-0.25, -0.2) is 0 Å². The third kappa shape index (κ3) is 5.30. The topological polar surface area (TPSA) is 47.6 Å². The first-order valence-electron chi connectivity index (χ1n) is 8.95. The number of carbonyl (C=O) groups is 1. The lowest BCUT2D eigenvalue weighted by atomic mass is 10.1. The molecule has 0 aliphatic heterocycles. The van der Waals surface area contributed by atoms with Gasteiger partial charge < -0.3 is 14.8 Å². The minimum Gasteiger partial charge on any atom is -0.493 e. The summed E-state index contributed by atoms with van der Waals surface area (Å²) in [7, 11) is 1.61. The number of carbonyl (C=O) groups excluding carboxylic acids is 1. The van der Waals surface area contributed by atoms with Crippen molar-refractivity contribution in [2.45, 2.75) is 18.0 Å². The predicted molar refractivity (Wildman–Crippen MR) is 113 cm³/mol. The molecule has 3 aromatic rings. The molecule has 3 aromatic carbocycles. The zero-order chi connectivity index (χ0) is 19.8. The molecule has 0 aliphatic carbocycles. The van der Waals surface area contributed by atoms with Crippen LogP contribution in [0.2, 0.25) is 0 Å². The lowest BCUT2D eigenvalue weighted by molar-refractivity contribution is 0.0951. The maximum Gasteiger partial charge on any atom is 0.251 e. The van der Waals surface area contributed by atoms with Crippen LogP contribution in [-0.4, -0.2) is 19.3 Å². The van der Waals surface area contributed by atoms with Crippen molar-refractivity contribution >= 4 is 17.7 Å². The second-order valence-electron chi connectivity index (χ2n) is 6.17. The number of hydrogen-bond donors (Lipinski definition) is 1. The highest BCUT2D eigenvalue weighted by Crippen LogP contribution is 2.29. The van der Waals surface area contributed by atoms with Crippen LogP contribution in [0.4, 0.5) is 0 Å². The molecule has 0 radical (unpaired) electrons. The fraction of sp³-hybridized carbons (Fsp3) is 0.174. The fourth-order valence-electron chi connectivity index (χ4n) is 2.70. The van der Waals surface area contributed by atoms with Gasteiger partial charge in [0.25, 0.3) is 5.91 Å². The number of nitrogens with one attached hydrogen (secondary N) is 1. The van der Waals surface area contributed by atoms with Gasteiger partial charge in [0.1, 0.15) is 6.61 Å². The molecule has 0 aliphatic rings. The average Bonchev–Trinajstić information content (AvgIpc) is 2.77. The Morgan fingerprint density at radius 3 is 2.36 bits per heavy atom. The van der Waals surface area contributed by atoms with E-state index in [2.05, 4.69) is 5.32 Å². The molecule has 3 rings (SSSR count). The van der Waals surface area contributed by atoms with Crippen molar-refractivity contribution in [3.05, 3.63) is 89.5 Å². The summed E-state index contributed by atoms with van der Waals surface area (Å²) in [6.45, 7) is 0.887. The number of rotatable bonds is 8. The summed E-state index contributed by atoms with van der Waals surface area (Å²) in [5, 5.41) is 2.94. The Morgan fingerprint density at radius 2 is 1.68 bits per heavy atom. The number of hydrogen-bond acceptors (Lipinski definition) is 4. The van der Waals surface area contributed by atoms with E-state index in [-0.39, 0.29) is 5.91 Å². The van der Waals surface area contributed by atoms with E-state index >= 15 is 0 Å². The maximum absolute atomic E-state index is 12.3. The van der Waals surface area contributed by atoms with Crippen LogP contribution in [0.15, 0.2) is 77.7 Å². The van der Waals surface area contributed by atoms with E-state index in [1.807, 2.05) is 79.1 Å². The van der Waals surface area contributed by atoms with Crippen LogP contribution in [0.25, 0.3) is 0 Å². The van der Waals surface area contributed by atoms with Gasteiger partial charge in [0.05, 0.1) is 7.11 Å². The third-order valence-electron chi connectivity index (χ3n) is 4.27. The average molecular weight is 394 g/mol. The van der Waals surface area contributed by atoms with Crippen molar-refractivity contribution in [2.24, 2.45) is 0 Å². The summed E-state index contributed by atoms with van der Waals surface area (Å²) in [6.07, 6.45) is 2.01. The summed E-state index contributed by atoms with van der Waals surface area (Å²) in [4.78, 5) is 13.5. The molecule has 28 heavy (non-hydrogen) atoms. The van der Waals surface area contributed by atoms with Crippen LogP contribution < -0.4 is 14.8 Å². The summed E-state index contributed by atoms with van der Waals surface area (Å²) in [5.41, 5.74) is 2.68. The highest BCUT2D eigenvalue weighted by atomic mass is 32.2. The Kier molecular flexibility index (Phi) is 6.98. The van der Waals surface area contributed by atoms with Crippen LogP contribution in [-0.2, 0) is 13.2 Å². The molecule has 0 heterocycles. The zero-order valence-electron chi connectivity index (χ0n) is 16.0. The van der Waals surface area contributed by atoms with Gasteiger partial charge in [0, 0.05) is 17.0 Å². The van der Waals surface area contributed by atoms with Crippen molar-refractivity contribution in [3.8, 4) is 11.5 Å². The minimum absolute atomic E-state index is 0.101. The van der Waals surface area contributed by atoms with Gasteiger partial charge in [0.15, 0.2) is 11.5 Å². The summed E-state index contributed by atoms with van der Waals surface area (Å²) in [5.74, 6) is 1.22. The van der Waals surface area contributed by atoms with E-state index < -0.39 is 0 Å². The molecule has 4 nitrogen and oxygen atoms in total. The van der Waals surface area contributed by atoms with Gasteiger partial charge in [-0.3, -0.25) is 4.79 Å². The predicted octanol–water partition coefficient (Wildman–Crippen LogP) is 4.93. The molecule has 0 saturated heterocycles. The lowest BCUT2D eigenvalue weighted by Gasteiger charge is -2.13. The molecule has 0 atom stereocenters. The van der Waals surface area contributed by atoms with Gasteiger partial charge in [-0.1, -0.05) is 36.4 Å². The van der Waals surface area contributed by atoms with Crippen LogP contribution in [0.1, 0.15) is 21.5 Å². The summed E-state index contributed by atoms with van der Waals surface area (Å²) >= 11 is 1.65. The van der Waals surface area contributed by atoms with E-state index in [0.29, 0.717) is 30.2 Å². The first kappa shape index (κ1) is 19.8. The van der Waals surface area contributed by atoms with Crippen LogP contribution in [0.3, 0.4) is 0 Å². The van der Waals surface area contributed by atoms with Crippen LogP contribution in [0.5, 0.6) is 11.5 Å². The van der Waals surface area contributed by atoms with E-state index in [0.717, 1.165) is 16.0 Å². The van der Waals surface area contributed by atoms with E-state index in [1.165, 1.54) is 0 Å². The van der Waals surface area contributed by atoms with Gasteiger partial charge in [-0.05, 0) is 53.8 Å². The number of methoxy groups -OCH3 is 1. The molecule has 0 bridgehead atoms. The molecule has 1 amide bonds. The number of thioether (sulfide) groups is 1. The minimum atomic E-state index is -0.101. The Balaban J connectivity index is 1.60. The molecular weight excluding hydrogens is 370 g/mol. The molecule has 0 unspecified atom stereocenters. The van der Waals surface area contributed by atoms with Gasteiger partial charge in [0.2, 0.25) is 0 Å². The van der Waals surface area contributed by atoms with Crippen molar-refractivity contribution in [1.82, 2.24) is 5.32 Å². The van der Waals surface area contributed by atoms with Crippen molar-refractivity contribution in [1.29, 1.82) is 0 Å². The van der Waals surface area contributed by atoms with Crippen molar-refractivity contribution < 1.29 is 14.3 Å². The highest BCUT2D eigenvalue weighted by molar-refractivity contribution is 7.98. The molecular formula is C23H23NO3S. The third-order valence-corrected chi connectivity index (χ3v) is 5.01. The quantitative estimate of drug-likeness (QED) is 0.552. The maximum atomic E-state index is 12.3. The van der Waals surface area contributed by atoms with E-state index in [9.17, 15) is 4.79 Å². The molecule has 0 fully saturated rings. The summed E-state index contributed by atoms with van der Waals surface area (Å²) in [6, 6.07) is 23.2. The first-order chi connectivity index (χ1) is 13.7. The van der Waals surface area contributed by atoms with Crippen LogP contribution in [0, 0.1) is 0 Å². The highest BCUT2D eigenvalue weighted by Gasteiger charge is 2.09. The first-order valence-corrected chi connectivity index (χ1v) is 10.2. The Hall–Kier alpha value is -2.92. The molecule has 0 saturated carbocycles. The Morgan fingerprint density at radius 1 is 0.929 bits per heavy atom. The smallest absolute Gasteiger partial charge is 0.251 e. The number of amides is 1. The molecule has 144 valence electrons. The van der Waals surface area contributed by atoms with Crippen molar-refractivity contribution in [3.63, 3.8) is 0 Å². The van der Waals surface area contributed by atoms with E-state index in [4.69, 9.17) is 9.47 Å². The van der Waals surface area contributed by atoms with Gasteiger partial charge >= 0.3 is 0 Å². The Labute approximate surface area is 169 Å². The standard InChI is InChI=1S/C23H23NO3S/c1-26-22-14-18(8-13-21(22)27-16-17-6-4-3-5-7-17)15-24-23(25)19-9-11-20(28-2)12-10-19/h3-14H,15-16H2,1-2H3,(H,24,25). The molecule has 5 heteroatoms. The van der Waals surface area contributed by atoms with Crippen LogP contribution >= 0.6 is 11.8 Å². The van der Waals surface area contributed by atoms with Gasteiger partial charge in [-0.15, -0.1) is 11.8 Å². The number of ether oxygens (including phenoxy) is 2. The second kappa shape index (κ2) is 9.85. The monoisotopic (exact) mass is 393 g/mol. The number of benzene rings is 3. The van der Waals surface area contributed by atoms with E-state index in [1.54, 1.807) is 18.9 Å². The molecule has 0 spiro atoms. The molecule has 0 aromatic heterocycles. The largest absolute Gasteiger partial charge is 0.493 e. The zero-order valence-corrected chi connectivity index (χ0v) is 16.8. The fourth-order valence-corrected chi connectivity index (χ4v) is 3.11. The second-order valence-corrected chi connectivity index (χ2v) is 7.05. The molecule has 1 N–H and O–H groups in total. The van der Waals surface area contributed by atoms with Gasteiger partial charge in [-0.2, -0.15) is 0 Å².